The standard InChI is InChI=1S/C18H34O2.C4H11NO4/c1-2-3-4-5-6-7-8-9-10-11-12-13-14-15-16-17-18(19)20;6-1-3-8-5-9-4-2-7/h9-10H,2-8,11-17H2,1H3,(H,19,20);5-7H,1-4H2/b10-9-;. The van der Waals surface area contributed by atoms with Crippen molar-refractivity contribution in [3.63, 3.8) is 0 Å². The summed E-state index contributed by atoms with van der Waals surface area (Å²) in [6.45, 7) is 2.48. The minimum Gasteiger partial charge on any atom is -0.481 e. The van der Waals surface area contributed by atoms with E-state index in [0.717, 1.165) is 12.8 Å². The lowest BCUT2D eigenvalue weighted by molar-refractivity contribution is -0.178. The van der Waals surface area contributed by atoms with Crippen LogP contribution in [0.3, 0.4) is 0 Å². The maximum absolute atomic E-state index is 10.3. The lowest BCUT2D eigenvalue weighted by Crippen LogP contribution is -2.19. The maximum atomic E-state index is 10.3. The molecule has 0 amide bonds. The van der Waals surface area contributed by atoms with Gasteiger partial charge in [-0.15, -0.1) is 0 Å². The highest BCUT2D eigenvalue weighted by Gasteiger charge is 1.95. The fraction of sp³-hybridized carbons (Fsp3) is 0.864. The predicted octanol–water partition coefficient (Wildman–Crippen LogP) is 4.53. The van der Waals surface area contributed by atoms with Gasteiger partial charge in [0.05, 0.1) is 26.4 Å². The molecular weight excluding hydrogens is 374 g/mol. The summed E-state index contributed by atoms with van der Waals surface area (Å²) in [5, 5.41) is 24.8. The minimum atomic E-state index is -0.664. The van der Waals surface area contributed by atoms with Crippen LogP contribution >= 0.6 is 0 Å². The second-order valence-corrected chi connectivity index (χ2v) is 6.96. The normalized spacial score (nSPS) is 10.9. The number of carboxylic acid groups (broad SMARTS) is 1. The molecular formula is C22H45NO6. The maximum Gasteiger partial charge on any atom is 0.303 e. The van der Waals surface area contributed by atoms with E-state index < -0.39 is 5.97 Å². The number of nitrogens with one attached hydrogen (secondary N) is 1. The first-order valence-corrected chi connectivity index (χ1v) is 11.3. The highest BCUT2D eigenvalue weighted by molar-refractivity contribution is 5.66. The van der Waals surface area contributed by atoms with E-state index in [1.165, 1.54) is 70.6 Å². The van der Waals surface area contributed by atoms with Gasteiger partial charge in [-0.2, -0.15) is 0 Å². The molecule has 7 heteroatoms. The summed E-state index contributed by atoms with van der Waals surface area (Å²) in [7, 11) is 0. The fourth-order valence-corrected chi connectivity index (χ4v) is 2.56. The Morgan fingerprint density at radius 3 is 1.66 bits per heavy atom. The number of carboxylic acids is 1. The lowest BCUT2D eigenvalue weighted by atomic mass is 10.1. The minimum absolute atomic E-state index is 0.0600. The zero-order valence-corrected chi connectivity index (χ0v) is 18.4. The molecule has 0 aliphatic carbocycles. The van der Waals surface area contributed by atoms with E-state index in [1.807, 2.05) is 0 Å². The molecule has 0 fully saturated rings. The predicted molar refractivity (Wildman–Crippen MR) is 116 cm³/mol. The Labute approximate surface area is 177 Å². The van der Waals surface area contributed by atoms with Crippen LogP contribution in [0.1, 0.15) is 96.8 Å². The van der Waals surface area contributed by atoms with Crippen LogP contribution in [0.5, 0.6) is 0 Å². The summed E-state index contributed by atoms with van der Waals surface area (Å²) < 4.78 is 0. The van der Waals surface area contributed by atoms with Crippen molar-refractivity contribution in [2.24, 2.45) is 0 Å². The third-order valence-corrected chi connectivity index (χ3v) is 4.16. The monoisotopic (exact) mass is 419 g/mol. The van der Waals surface area contributed by atoms with E-state index in [0.29, 0.717) is 6.42 Å². The number of rotatable bonds is 21. The van der Waals surface area contributed by atoms with Crippen molar-refractivity contribution in [2.75, 3.05) is 26.4 Å². The van der Waals surface area contributed by atoms with Gasteiger partial charge in [-0.05, 0) is 32.1 Å². The molecule has 0 heterocycles. The molecule has 0 aromatic heterocycles. The van der Waals surface area contributed by atoms with Crippen LogP contribution in [0.2, 0.25) is 0 Å². The Morgan fingerprint density at radius 1 is 0.759 bits per heavy atom. The van der Waals surface area contributed by atoms with Crippen molar-refractivity contribution < 1.29 is 29.8 Å². The van der Waals surface area contributed by atoms with Crippen LogP contribution in [-0.2, 0) is 14.5 Å². The third-order valence-electron chi connectivity index (χ3n) is 4.16. The summed E-state index contributed by atoms with van der Waals surface area (Å²) in [6.07, 6.45) is 21.2. The number of aliphatic carboxylic acids is 1. The molecule has 174 valence electrons. The molecule has 0 bridgehead atoms. The van der Waals surface area contributed by atoms with Crippen LogP contribution in [-0.4, -0.2) is 47.7 Å². The number of aliphatic hydroxyl groups excluding tert-OH is 2. The van der Waals surface area contributed by atoms with Crippen LogP contribution in [0.15, 0.2) is 12.2 Å². The Balaban J connectivity index is 0. The molecule has 0 saturated carbocycles. The van der Waals surface area contributed by atoms with Crippen molar-refractivity contribution >= 4 is 5.97 Å². The van der Waals surface area contributed by atoms with Gasteiger partial charge < -0.3 is 15.3 Å². The zero-order chi connectivity index (χ0) is 21.8. The molecule has 0 unspecified atom stereocenters. The number of unbranched alkanes of at least 4 members (excludes halogenated alkanes) is 11. The molecule has 4 N–H and O–H groups in total. The number of aliphatic hydroxyl groups is 2. The van der Waals surface area contributed by atoms with E-state index in [4.69, 9.17) is 15.3 Å². The first kappa shape index (κ1) is 30.2. The first-order valence-electron chi connectivity index (χ1n) is 11.3. The second-order valence-electron chi connectivity index (χ2n) is 6.96. The van der Waals surface area contributed by atoms with Crippen molar-refractivity contribution in [1.82, 2.24) is 5.64 Å². The highest BCUT2D eigenvalue weighted by Crippen LogP contribution is 2.09. The van der Waals surface area contributed by atoms with Crippen molar-refractivity contribution in [3.8, 4) is 0 Å². The Hall–Kier alpha value is -0.990. The molecule has 0 aromatic rings. The summed E-state index contributed by atoms with van der Waals surface area (Å²) in [6, 6.07) is 0. The van der Waals surface area contributed by atoms with E-state index >= 15 is 0 Å². The summed E-state index contributed by atoms with van der Waals surface area (Å²) in [5.74, 6) is -0.664. The largest absolute Gasteiger partial charge is 0.481 e. The SMILES string of the molecule is CCCCCCCC/C=C\CCCCCCCC(=O)O.OCCONOCCO. The molecule has 29 heavy (non-hydrogen) atoms. The average Bonchev–Trinajstić information content (AvgIpc) is 2.71. The smallest absolute Gasteiger partial charge is 0.303 e. The molecule has 0 spiro atoms. The van der Waals surface area contributed by atoms with Gasteiger partial charge in [-0.3, -0.25) is 14.5 Å². The van der Waals surface area contributed by atoms with Crippen molar-refractivity contribution in [1.29, 1.82) is 0 Å². The van der Waals surface area contributed by atoms with Crippen LogP contribution in [0.4, 0.5) is 0 Å². The molecule has 0 radical (unpaired) electrons. The van der Waals surface area contributed by atoms with Crippen LogP contribution < -0.4 is 5.64 Å². The quantitative estimate of drug-likeness (QED) is 0.123. The van der Waals surface area contributed by atoms with Gasteiger partial charge in [0.2, 0.25) is 0 Å². The molecule has 0 atom stereocenters. The van der Waals surface area contributed by atoms with E-state index in [2.05, 4.69) is 34.4 Å². The summed E-state index contributed by atoms with van der Waals surface area (Å²) >= 11 is 0. The summed E-state index contributed by atoms with van der Waals surface area (Å²) in [5.41, 5.74) is 2.07. The lowest BCUT2D eigenvalue weighted by Gasteiger charge is -2.01. The topological polar surface area (TPSA) is 108 Å². The average molecular weight is 420 g/mol. The van der Waals surface area contributed by atoms with Crippen molar-refractivity contribution in [3.05, 3.63) is 12.2 Å². The van der Waals surface area contributed by atoms with Gasteiger partial charge >= 0.3 is 5.97 Å². The Kier molecular flexibility index (Phi) is 30.4. The first-order chi connectivity index (χ1) is 14.2. The Bertz CT molecular complexity index is 333. The summed E-state index contributed by atoms with van der Waals surface area (Å²) in [4.78, 5) is 19.2. The molecule has 0 saturated heterocycles. The fourth-order valence-electron chi connectivity index (χ4n) is 2.56. The van der Waals surface area contributed by atoms with E-state index in [9.17, 15) is 4.79 Å². The molecule has 0 aliphatic rings. The van der Waals surface area contributed by atoms with Crippen LogP contribution in [0, 0.1) is 0 Å². The van der Waals surface area contributed by atoms with E-state index in [1.54, 1.807) is 0 Å². The van der Waals surface area contributed by atoms with Gasteiger partial charge in [0.1, 0.15) is 0 Å². The Morgan fingerprint density at radius 2 is 1.21 bits per heavy atom. The highest BCUT2D eigenvalue weighted by atomic mass is 16.9. The number of hydrogen-bond donors (Lipinski definition) is 4. The molecule has 0 aromatic carbocycles. The van der Waals surface area contributed by atoms with Gasteiger partial charge in [0.15, 0.2) is 0 Å². The molecule has 7 nitrogen and oxygen atoms in total. The third kappa shape index (κ3) is 34.9. The van der Waals surface area contributed by atoms with Gasteiger partial charge in [0, 0.05) is 6.42 Å². The number of hydrogen-bond acceptors (Lipinski definition) is 6. The number of allylic oxidation sites excluding steroid dienone is 2. The zero-order valence-electron chi connectivity index (χ0n) is 18.4. The van der Waals surface area contributed by atoms with Crippen molar-refractivity contribution in [2.45, 2.75) is 96.8 Å². The van der Waals surface area contributed by atoms with Gasteiger partial charge in [-0.25, -0.2) is 0 Å². The number of carbonyl (C=O) groups is 1. The molecule has 0 rings (SSSR count). The van der Waals surface area contributed by atoms with Gasteiger partial charge in [0.25, 0.3) is 0 Å². The van der Waals surface area contributed by atoms with E-state index in [-0.39, 0.29) is 26.4 Å². The molecule has 0 aliphatic heterocycles. The second kappa shape index (κ2) is 29.2. The van der Waals surface area contributed by atoms with Crippen LogP contribution in [0.25, 0.3) is 0 Å². The van der Waals surface area contributed by atoms with Gasteiger partial charge in [-0.1, -0.05) is 76.1 Å².